The number of para-hydroxylation sites is 2. The highest BCUT2D eigenvalue weighted by Crippen LogP contribution is 2.49. The van der Waals surface area contributed by atoms with Gasteiger partial charge in [-0.3, -0.25) is 9.69 Å². The van der Waals surface area contributed by atoms with Crippen LogP contribution < -0.4 is 10.2 Å². The van der Waals surface area contributed by atoms with Gasteiger partial charge >= 0.3 is 0 Å². The number of hydrogen-bond donors (Lipinski definition) is 1. The van der Waals surface area contributed by atoms with Gasteiger partial charge in [-0.15, -0.1) is 0 Å². The summed E-state index contributed by atoms with van der Waals surface area (Å²) in [6.07, 6.45) is 1.76. The maximum atomic E-state index is 13.2. The number of nitrogens with zero attached hydrogens (tertiary/aromatic N) is 1. The molecule has 1 N–H and O–H groups in total. The molecule has 0 radical (unpaired) electrons. The standard InChI is InChI=1S/C18H18N2O/c21-17-18(10-12-19-13-11-18)15-8-4-5-9-16(15)20(17)14-6-2-1-3-7-14/h1-9,19H,10-13H2. The molecule has 0 aromatic heterocycles. The molecule has 0 unspecified atom stereocenters. The third-order valence-corrected chi connectivity index (χ3v) is 4.74. The van der Waals surface area contributed by atoms with Crippen molar-refractivity contribution in [1.82, 2.24) is 5.32 Å². The zero-order valence-corrected chi connectivity index (χ0v) is 11.9. The van der Waals surface area contributed by atoms with Crippen LogP contribution in [0.5, 0.6) is 0 Å². The number of carbonyl (C=O) groups excluding carboxylic acids is 1. The van der Waals surface area contributed by atoms with Crippen LogP contribution >= 0.6 is 0 Å². The first-order valence-electron chi connectivity index (χ1n) is 7.53. The number of benzene rings is 2. The zero-order valence-electron chi connectivity index (χ0n) is 11.9. The second-order valence-electron chi connectivity index (χ2n) is 5.83. The number of fused-ring (bicyclic) bond motifs is 2. The van der Waals surface area contributed by atoms with Crippen molar-refractivity contribution < 1.29 is 4.79 Å². The summed E-state index contributed by atoms with van der Waals surface area (Å²) in [4.78, 5) is 15.1. The van der Waals surface area contributed by atoms with Crippen molar-refractivity contribution in [1.29, 1.82) is 0 Å². The second-order valence-corrected chi connectivity index (χ2v) is 5.83. The van der Waals surface area contributed by atoms with E-state index in [2.05, 4.69) is 17.4 Å². The first kappa shape index (κ1) is 12.6. The van der Waals surface area contributed by atoms with Crippen LogP contribution in [0.3, 0.4) is 0 Å². The Kier molecular flexibility index (Phi) is 2.82. The molecule has 1 spiro atoms. The van der Waals surface area contributed by atoms with Crippen LogP contribution in [-0.4, -0.2) is 19.0 Å². The van der Waals surface area contributed by atoms with E-state index < -0.39 is 0 Å². The minimum absolute atomic E-state index is 0.233. The van der Waals surface area contributed by atoms with Crippen molar-refractivity contribution in [2.75, 3.05) is 18.0 Å². The van der Waals surface area contributed by atoms with Crippen LogP contribution in [0.1, 0.15) is 18.4 Å². The summed E-state index contributed by atoms with van der Waals surface area (Å²) in [5.74, 6) is 0.233. The fourth-order valence-electron chi connectivity index (χ4n) is 3.68. The summed E-state index contributed by atoms with van der Waals surface area (Å²) in [7, 11) is 0. The highest BCUT2D eigenvalue weighted by Gasteiger charge is 2.51. The molecule has 4 rings (SSSR count). The Balaban J connectivity index is 1.89. The number of rotatable bonds is 1. The fourth-order valence-corrected chi connectivity index (χ4v) is 3.68. The maximum absolute atomic E-state index is 13.2. The Morgan fingerprint density at radius 1 is 0.905 bits per heavy atom. The monoisotopic (exact) mass is 278 g/mol. The Morgan fingerprint density at radius 3 is 2.33 bits per heavy atom. The minimum atomic E-state index is -0.336. The molecule has 0 bridgehead atoms. The lowest BCUT2D eigenvalue weighted by atomic mass is 9.74. The van der Waals surface area contributed by atoms with Gasteiger partial charge in [-0.25, -0.2) is 0 Å². The molecule has 2 aliphatic heterocycles. The SMILES string of the molecule is O=C1N(c2ccccc2)c2ccccc2C12CCNCC2. The van der Waals surface area contributed by atoms with Gasteiger partial charge in [0.15, 0.2) is 0 Å². The van der Waals surface area contributed by atoms with E-state index in [4.69, 9.17) is 0 Å². The molecule has 21 heavy (non-hydrogen) atoms. The number of hydrogen-bond acceptors (Lipinski definition) is 2. The quantitative estimate of drug-likeness (QED) is 0.869. The third-order valence-electron chi connectivity index (χ3n) is 4.74. The van der Waals surface area contributed by atoms with Gasteiger partial charge in [0.1, 0.15) is 0 Å². The summed E-state index contributed by atoms with van der Waals surface area (Å²) in [6.45, 7) is 1.81. The Hall–Kier alpha value is -2.13. The highest BCUT2D eigenvalue weighted by molar-refractivity contribution is 6.13. The Morgan fingerprint density at radius 2 is 1.57 bits per heavy atom. The predicted octanol–water partition coefficient (Wildman–Crippen LogP) is 2.99. The van der Waals surface area contributed by atoms with Crippen LogP contribution in [0.2, 0.25) is 0 Å². The Bertz CT molecular complexity index is 675. The van der Waals surface area contributed by atoms with Crippen molar-refractivity contribution in [3.05, 3.63) is 60.2 Å². The van der Waals surface area contributed by atoms with Crippen molar-refractivity contribution in [3.63, 3.8) is 0 Å². The fraction of sp³-hybridized carbons (Fsp3) is 0.278. The molecule has 1 amide bonds. The van der Waals surface area contributed by atoms with Gasteiger partial charge in [-0.2, -0.15) is 0 Å². The van der Waals surface area contributed by atoms with E-state index in [1.165, 1.54) is 5.56 Å². The number of amides is 1. The molecule has 3 nitrogen and oxygen atoms in total. The molecular weight excluding hydrogens is 260 g/mol. The van der Waals surface area contributed by atoms with Gasteiger partial charge in [0.05, 0.1) is 11.1 Å². The molecule has 2 aromatic rings. The van der Waals surface area contributed by atoms with Gasteiger partial charge in [0, 0.05) is 5.69 Å². The minimum Gasteiger partial charge on any atom is -0.317 e. The van der Waals surface area contributed by atoms with E-state index in [0.717, 1.165) is 37.3 Å². The number of nitrogens with one attached hydrogen (secondary N) is 1. The van der Waals surface area contributed by atoms with Gasteiger partial charge in [-0.1, -0.05) is 36.4 Å². The first-order valence-corrected chi connectivity index (χ1v) is 7.53. The van der Waals surface area contributed by atoms with Crippen LogP contribution in [-0.2, 0) is 10.2 Å². The zero-order chi connectivity index (χ0) is 14.3. The average molecular weight is 278 g/mol. The van der Waals surface area contributed by atoms with Crippen molar-refractivity contribution in [2.45, 2.75) is 18.3 Å². The topological polar surface area (TPSA) is 32.3 Å². The summed E-state index contributed by atoms with van der Waals surface area (Å²) in [6, 6.07) is 18.2. The molecule has 0 aliphatic carbocycles. The first-order chi connectivity index (χ1) is 10.3. The molecule has 0 saturated carbocycles. The lowest BCUT2D eigenvalue weighted by molar-refractivity contribution is -0.123. The maximum Gasteiger partial charge on any atom is 0.242 e. The number of carbonyl (C=O) groups is 1. The molecular formula is C18H18N2O. The summed E-state index contributed by atoms with van der Waals surface area (Å²) in [5, 5.41) is 3.37. The van der Waals surface area contributed by atoms with E-state index in [1.54, 1.807) is 0 Å². The van der Waals surface area contributed by atoms with Gasteiger partial charge in [0.2, 0.25) is 5.91 Å². The van der Waals surface area contributed by atoms with Crippen LogP contribution in [0.15, 0.2) is 54.6 Å². The van der Waals surface area contributed by atoms with Gasteiger partial charge < -0.3 is 5.32 Å². The van der Waals surface area contributed by atoms with E-state index in [-0.39, 0.29) is 11.3 Å². The van der Waals surface area contributed by atoms with E-state index >= 15 is 0 Å². The molecule has 0 atom stereocenters. The summed E-state index contributed by atoms with van der Waals surface area (Å²) < 4.78 is 0. The van der Waals surface area contributed by atoms with Crippen LogP contribution in [0, 0.1) is 0 Å². The van der Waals surface area contributed by atoms with Crippen molar-refractivity contribution in [3.8, 4) is 0 Å². The Labute approximate surface area is 124 Å². The van der Waals surface area contributed by atoms with Crippen LogP contribution in [0.4, 0.5) is 11.4 Å². The van der Waals surface area contributed by atoms with Crippen molar-refractivity contribution in [2.24, 2.45) is 0 Å². The summed E-state index contributed by atoms with van der Waals surface area (Å²) in [5.41, 5.74) is 2.87. The molecule has 1 saturated heterocycles. The van der Waals surface area contributed by atoms with E-state index in [1.807, 2.05) is 47.4 Å². The van der Waals surface area contributed by atoms with Crippen LogP contribution in [0.25, 0.3) is 0 Å². The molecule has 106 valence electrons. The third kappa shape index (κ3) is 1.74. The highest BCUT2D eigenvalue weighted by atomic mass is 16.2. The molecule has 3 heteroatoms. The normalized spacial score (nSPS) is 19.8. The van der Waals surface area contributed by atoms with Gasteiger partial charge in [-0.05, 0) is 49.7 Å². The smallest absolute Gasteiger partial charge is 0.242 e. The average Bonchev–Trinajstić information content (AvgIpc) is 2.79. The number of anilines is 2. The molecule has 2 aromatic carbocycles. The van der Waals surface area contributed by atoms with Gasteiger partial charge in [0.25, 0.3) is 0 Å². The molecule has 2 heterocycles. The van der Waals surface area contributed by atoms with E-state index in [0.29, 0.717) is 0 Å². The molecule has 2 aliphatic rings. The van der Waals surface area contributed by atoms with Crippen molar-refractivity contribution >= 4 is 17.3 Å². The molecule has 1 fully saturated rings. The predicted molar refractivity (Wildman–Crippen MR) is 83.8 cm³/mol. The largest absolute Gasteiger partial charge is 0.317 e. The van der Waals surface area contributed by atoms with E-state index in [9.17, 15) is 4.79 Å². The number of piperidine rings is 1. The lowest BCUT2D eigenvalue weighted by Gasteiger charge is -2.33. The summed E-state index contributed by atoms with van der Waals surface area (Å²) >= 11 is 0. The second kappa shape index (κ2) is 4.71. The lowest BCUT2D eigenvalue weighted by Crippen LogP contribution is -2.46.